The van der Waals surface area contributed by atoms with Crippen LogP contribution in [-0.4, -0.2) is 96.7 Å². The molecule has 522 valence electrons. The number of aliphatic hydroxyl groups excluding tert-OH is 1. The molecule has 0 rings (SSSR count). The number of hydrogen-bond donors (Lipinski definition) is 3. The Morgan fingerprint density at radius 3 is 0.807 bits per heavy atom. The van der Waals surface area contributed by atoms with Gasteiger partial charge in [0.05, 0.1) is 26.4 Å². The van der Waals surface area contributed by atoms with Crippen LogP contribution in [-0.2, 0) is 65.4 Å². The molecule has 3 N–H and O–H groups in total. The average Bonchev–Trinajstić information content (AvgIpc) is 3.70. The minimum Gasteiger partial charge on any atom is -0.462 e. The molecule has 88 heavy (non-hydrogen) atoms. The van der Waals surface area contributed by atoms with E-state index >= 15 is 0 Å². The highest BCUT2D eigenvalue weighted by atomic mass is 31.2. The molecule has 19 heteroatoms. The van der Waals surface area contributed by atoms with Gasteiger partial charge in [-0.3, -0.25) is 37.3 Å². The van der Waals surface area contributed by atoms with E-state index in [1.807, 2.05) is 0 Å². The predicted molar refractivity (Wildman–Crippen MR) is 354 cm³/mol. The largest absolute Gasteiger partial charge is 0.472 e. The fourth-order valence-corrected chi connectivity index (χ4v) is 11.9. The van der Waals surface area contributed by atoms with Crippen molar-refractivity contribution in [2.45, 2.75) is 356 Å². The fraction of sp³-hybridized carbons (Fsp3) is 0.942. The average molecular weight is 1300 g/mol. The molecule has 0 spiro atoms. The highest BCUT2D eigenvalue weighted by Gasteiger charge is 2.30. The molecule has 0 aliphatic heterocycles. The minimum atomic E-state index is -4.95. The van der Waals surface area contributed by atoms with Crippen LogP contribution in [0.15, 0.2) is 0 Å². The summed E-state index contributed by atoms with van der Waals surface area (Å²) in [5.41, 5.74) is 0. The molecule has 6 atom stereocenters. The molecule has 17 nitrogen and oxygen atoms in total. The van der Waals surface area contributed by atoms with Gasteiger partial charge in [0, 0.05) is 25.7 Å². The number of phosphoric ester groups is 2. The van der Waals surface area contributed by atoms with Crippen molar-refractivity contribution in [2.75, 3.05) is 39.6 Å². The lowest BCUT2D eigenvalue weighted by atomic mass is 9.99. The van der Waals surface area contributed by atoms with E-state index in [0.29, 0.717) is 31.6 Å². The zero-order chi connectivity index (χ0) is 65.4. The molecule has 4 unspecified atom stereocenters. The lowest BCUT2D eigenvalue weighted by molar-refractivity contribution is -0.161. The Kier molecular flexibility index (Phi) is 57.6. The Morgan fingerprint density at radius 2 is 0.545 bits per heavy atom. The van der Waals surface area contributed by atoms with E-state index in [1.54, 1.807) is 0 Å². The number of phosphoric acid groups is 2. The van der Waals surface area contributed by atoms with Crippen molar-refractivity contribution in [1.82, 2.24) is 0 Å². The third-order valence-electron chi connectivity index (χ3n) is 16.2. The molecule has 0 heterocycles. The van der Waals surface area contributed by atoms with Gasteiger partial charge in [-0.05, 0) is 49.4 Å². The molecule has 0 aliphatic carbocycles. The smallest absolute Gasteiger partial charge is 0.462 e. The van der Waals surface area contributed by atoms with Gasteiger partial charge in [-0.15, -0.1) is 0 Å². The topological polar surface area (TPSA) is 237 Å². The van der Waals surface area contributed by atoms with Crippen molar-refractivity contribution >= 4 is 39.5 Å². The zero-order valence-electron chi connectivity index (χ0n) is 57.3. The highest BCUT2D eigenvalue weighted by Crippen LogP contribution is 2.45. The van der Waals surface area contributed by atoms with Crippen LogP contribution >= 0.6 is 15.6 Å². The Labute approximate surface area is 537 Å². The van der Waals surface area contributed by atoms with Crippen molar-refractivity contribution in [3.05, 3.63) is 0 Å². The van der Waals surface area contributed by atoms with Gasteiger partial charge in [-0.1, -0.05) is 287 Å². The van der Waals surface area contributed by atoms with Crippen LogP contribution in [0, 0.1) is 23.7 Å². The van der Waals surface area contributed by atoms with Crippen LogP contribution in [0.4, 0.5) is 0 Å². The van der Waals surface area contributed by atoms with Gasteiger partial charge in [0.2, 0.25) is 0 Å². The van der Waals surface area contributed by atoms with Gasteiger partial charge in [-0.25, -0.2) is 9.13 Å². The monoisotopic (exact) mass is 1300 g/mol. The second kappa shape index (κ2) is 58.8. The van der Waals surface area contributed by atoms with E-state index in [-0.39, 0.29) is 25.7 Å². The van der Waals surface area contributed by atoms with Crippen LogP contribution in [0.25, 0.3) is 0 Å². The summed E-state index contributed by atoms with van der Waals surface area (Å²) in [6.07, 6.45) is 40.4. The van der Waals surface area contributed by atoms with Crippen LogP contribution in [0.2, 0.25) is 0 Å². The van der Waals surface area contributed by atoms with E-state index < -0.39 is 97.5 Å². The Morgan fingerprint density at radius 1 is 0.318 bits per heavy atom. The number of unbranched alkanes of at least 4 members (excludes halogenated alkanes) is 31. The van der Waals surface area contributed by atoms with Gasteiger partial charge in [-0.2, -0.15) is 0 Å². The highest BCUT2D eigenvalue weighted by molar-refractivity contribution is 7.47. The number of esters is 4. The van der Waals surface area contributed by atoms with Gasteiger partial charge < -0.3 is 33.8 Å². The predicted octanol–water partition coefficient (Wildman–Crippen LogP) is 19.3. The molecular formula is C69H134O17P2. The summed E-state index contributed by atoms with van der Waals surface area (Å²) in [6, 6.07) is 0. The maximum absolute atomic E-state index is 13.0. The third kappa shape index (κ3) is 61.6. The number of carbonyl (C=O) groups is 4. The number of hydrogen-bond acceptors (Lipinski definition) is 15. The van der Waals surface area contributed by atoms with Crippen LogP contribution in [0.1, 0.15) is 338 Å². The van der Waals surface area contributed by atoms with Crippen LogP contribution < -0.4 is 0 Å². The summed E-state index contributed by atoms with van der Waals surface area (Å²) in [5.74, 6) is 0.836. The van der Waals surface area contributed by atoms with E-state index in [0.717, 1.165) is 108 Å². The van der Waals surface area contributed by atoms with Crippen molar-refractivity contribution in [3.63, 3.8) is 0 Å². The van der Waals surface area contributed by atoms with Gasteiger partial charge in [0.15, 0.2) is 12.2 Å². The number of rotatable bonds is 66. The Bertz CT molecular complexity index is 1750. The Balaban J connectivity index is 5.23. The maximum Gasteiger partial charge on any atom is 0.472 e. The first-order valence-corrected chi connectivity index (χ1v) is 38.7. The molecule has 0 bridgehead atoms. The third-order valence-corrected chi connectivity index (χ3v) is 18.1. The molecule has 0 saturated heterocycles. The van der Waals surface area contributed by atoms with E-state index in [4.69, 9.17) is 37.0 Å². The van der Waals surface area contributed by atoms with Gasteiger partial charge in [0.25, 0.3) is 0 Å². The summed E-state index contributed by atoms with van der Waals surface area (Å²) in [6.45, 7) is 14.0. The quantitative estimate of drug-likeness (QED) is 0.0222. The first kappa shape index (κ1) is 86.1. The summed E-state index contributed by atoms with van der Waals surface area (Å²) in [4.78, 5) is 72.4. The molecule has 0 aromatic rings. The minimum absolute atomic E-state index is 0.101. The molecule has 0 fully saturated rings. The van der Waals surface area contributed by atoms with E-state index in [1.165, 1.54) is 141 Å². The van der Waals surface area contributed by atoms with Gasteiger partial charge >= 0.3 is 39.5 Å². The maximum atomic E-state index is 13.0. The summed E-state index contributed by atoms with van der Waals surface area (Å²) in [5, 5.41) is 10.6. The lowest BCUT2D eigenvalue weighted by Gasteiger charge is -2.21. The number of ether oxygens (including phenoxy) is 4. The summed E-state index contributed by atoms with van der Waals surface area (Å²) < 4.78 is 68.2. The standard InChI is InChI=1S/C69H134O17P2/c1-9-62(8)48-40-32-23-16-13-14-17-24-33-41-49-66(71)79-56-65(86-69(74)52-44-36-28-27-31-39-47-61(6)7)58-84-88(77,78)82-54-63(70)53-81-87(75,76)83-57-64(55-80-67(72)50-42-34-25-20-19-22-30-38-46-60(4)5)85-68(73)51-43-35-26-18-12-10-11-15-21-29-37-45-59(2)3/h59-65,70H,9-58H2,1-8H3,(H,75,76)(H,77,78)/t62?,63?,64-,65-/m1/s1. The summed E-state index contributed by atoms with van der Waals surface area (Å²) >= 11 is 0. The lowest BCUT2D eigenvalue weighted by Crippen LogP contribution is -2.30. The Hall–Kier alpha value is -1.94. The summed E-state index contributed by atoms with van der Waals surface area (Å²) in [7, 11) is -9.90. The molecule has 0 radical (unpaired) electrons. The fourth-order valence-electron chi connectivity index (χ4n) is 10.3. The van der Waals surface area contributed by atoms with Crippen molar-refractivity contribution in [3.8, 4) is 0 Å². The SMILES string of the molecule is CCC(C)CCCCCCCCCCCCC(=O)OC[C@H](COP(=O)(O)OCC(O)COP(=O)(O)OC[C@@H](COC(=O)CCCCCCCCCCC(C)C)OC(=O)CCCCCCCCCCCCCC(C)C)OC(=O)CCCCCCCCC(C)C. The van der Waals surface area contributed by atoms with Crippen molar-refractivity contribution < 1.29 is 80.2 Å². The second-order valence-corrected chi connectivity index (χ2v) is 29.5. The normalized spacial score (nSPS) is 14.6. The molecule has 0 amide bonds. The van der Waals surface area contributed by atoms with E-state index in [2.05, 4.69) is 55.4 Å². The number of carbonyl (C=O) groups excluding carboxylic acids is 4. The second-order valence-electron chi connectivity index (χ2n) is 26.6. The van der Waals surface area contributed by atoms with Crippen molar-refractivity contribution in [1.29, 1.82) is 0 Å². The molecule has 0 aromatic carbocycles. The van der Waals surface area contributed by atoms with Crippen LogP contribution in [0.5, 0.6) is 0 Å². The molecule has 0 aliphatic rings. The van der Waals surface area contributed by atoms with Crippen molar-refractivity contribution in [2.24, 2.45) is 23.7 Å². The van der Waals surface area contributed by atoms with Gasteiger partial charge in [0.1, 0.15) is 19.3 Å². The first-order chi connectivity index (χ1) is 42.1. The number of aliphatic hydroxyl groups is 1. The molecule has 0 aromatic heterocycles. The van der Waals surface area contributed by atoms with Crippen LogP contribution in [0.3, 0.4) is 0 Å². The molecular weight excluding hydrogens is 1160 g/mol. The zero-order valence-corrected chi connectivity index (χ0v) is 59.1. The molecule has 0 saturated carbocycles. The van der Waals surface area contributed by atoms with E-state index in [9.17, 15) is 43.2 Å². The first-order valence-electron chi connectivity index (χ1n) is 35.7.